The van der Waals surface area contributed by atoms with Gasteiger partial charge in [-0.2, -0.15) is 0 Å². The Morgan fingerprint density at radius 2 is 1.22 bits per heavy atom. The molecule has 0 spiro atoms. The van der Waals surface area contributed by atoms with E-state index in [9.17, 15) is 0 Å². The third-order valence-corrected chi connectivity index (χ3v) is 11.9. The molecule has 3 nitrogen and oxygen atoms in total. The van der Waals surface area contributed by atoms with E-state index in [4.69, 9.17) is 8.83 Å². The molecule has 0 bridgehead atoms. The van der Waals surface area contributed by atoms with Crippen LogP contribution in [0.3, 0.4) is 0 Å². The first-order valence-electron chi connectivity index (χ1n) is 16.8. The number of hydrogen-bond acceptors (Lipinski definition) is 4. The highest BCUT2D eigenvalue weighted by atomic mass is 32.1. The number of rotatable bonds is 3. The molecule has 0 aliphatic heterocycles. The Balaban J connectivity index is 1.20. The van der Waals surface area contributed by atoms with Gasteiger partial charge in [0.1, 0.15) is 16.7 Å². The van der Waals surface area contributed by atoms with Gasteiger partial charge in [-0.05, 0) is 82.9 Å². The highest BCUT2D eigenvalue weighted by Gasteiger charge is 2.36. The van der Waals surface area contributed by atoms with Crippen LogP contribution in [0.2, 0.25) is 0 Å². The molecule has 3 heterocycles. The Kier molecular flexibility index (Phi) is 5.33. The number of fused-ring (bicyclic) bond motifs is 13. The molecule has 0 N–H and O–H groups in total. The summed E-state index contributed by atoms with van der Waals surface area (Å²) in [5.41, 5.74) is 11.9. The molecule has 1 aliphatic rings. The molecule has 11 rings (SSSR count). The van der Waals surface area contributed by atoms with Gasteiger partial charge in [-0.15, -0.1) is 11.3 Å². The molecule has 0 fully saturated rings. The number of nitrogens with zero attached hydrogens (tertiary/aromatic N) is 1. The van der Waals surface area contributed by atoms with E-state index in [1.165, 1.54) is 47.8 Å². The van der Waals surface area contributed by atoms with Gasteiger partial charge in [-0.1, -0.05) is 92.7 Å². The lowest BCUT2D eigenvalue weighted by atomic mass is 9.82. The summed E-state index contributed by atoms with van der Waals surface area (Å²) in [4.78, 5) is 2.37. The Morgan fingerprint density at radius 1 is 0.510 bits per heavy atom. The van der Waals surface area contributed by atoms with Crippen molar-refractivity contribution in [3.05, 3.63) is 151 Å². The summed E-state index contributed by atoms with van der Waals surface area (Å²) in [6, 6.07) is 50.2. The lowest BCUT2D eigenvalue weighted by Gasteiger charge is -2.28. The predicted octanol–water partition coefficient (Wildman–Crippen LogP) is 13.6. The predicted molar refractivity (Wildman–Crippen MR) is 206 cm³/mol. The summed E-state index contributed by atoms with van der Waals surface area (Å²) < 4.78 is 15.7. The van der Waals surface area contributed by atoms with Crippen LogP contribution in [0.15, 0.2) is 148 Å². The smallest absolute Gasteiger partial charge is 0.159 e. The van der Waals surface area contributed by atoms with Crippen molar-refractivity contribution >= 4 is 92.4 Å². The fourth-order valence-electron chi connectivity index (χ4n) is 8.34. The van der Waals surface area contributed by atoms with Crippen LogP contribution in [0.25, 0.3) is 75.2 Å². The molecule has 0 atom stereocenters. The number of para-hydroxylation sites is 2. The van der Waals surface area contributed by atoms with Crippen LogP contribution in [0.4, 0.5) is 17.1 Å². The van der Waals surface area contributed by atoms with E-state index in [0.717, 1.165) is 55.6 Å². The van der Waals surface area contributed by atoms with Gasteiger partial charge >= 0.3 is 0 Å². The highest BCUT2D eigenvalue weighted by Crippen LogP contribution is 2.52. The molecule has 1 aliphatic carbocycles. The van der Waals surface area contributed by atoms with Crippen LogP contribution < -0.4 is 4.90 Å². The maximum absolute atomic E-state index is 6.89. The van der Waals surface area contributed by atoms with Crippen molar-refractivity contribution < 1.29 is 8.83 Å². The second-order valence-corrected chi connectivity index (χ2v) is 14.7. The van der Waals surface area contributed by atoms with Crippen molar-refractivity contribution in [2.75, 3.05) is 4.90 Å². The topological polar surface area (TPSA) is 29.5 Å². The van der Waals surface area contributed by atoms with Gasteiger partial charge in [-0.25, -0.2) is 0 Å². The quantitative estimate of drug-likeness (QED) is 0.191. The van der Waals surface area contributed by atoms with E-state index in [1.54, 1.807) is 0 Å². The Hall–Kier alpha value is -5.84. The molecule has 0 saturated carbocycles. The monoisotopic (exact) mass is 647 g/mol. The molecule has 0 amide bonds. The van der Waals surface area contributed by atoms with Gasteiger partial charge in [0.25, 0.3) is 0 Å². The summed E-state index contributed by atoms with van der Waals surface area (Å²) in [6.45, 7) is 4.68. The summed E-state index contributed by atoms with van der Waals surface area (Å²) in [6.07, 6.45) is 0. The SMILES string of the molecule is CC1(C)c2ccccc2-c2ccc(N(c3ccc4oc5ccccc5c4c3)c3cccc4c3oc3ccc5c6ccccc6sc5c34)cc21. The largest absolute Gasteiger partial charge is 0.456 e. The van der Waals surface area contributed by atoms with E-state index in [0.29, 0.717) is 0 Å². The Morgan fingerprint density at radius 3 is 2.16 bits per heavy atom. The van der Waals surface area contributed by atoms with Crippen molar-refractivity contribution in [2.45, 2.75) is 19.3 Å². The van der Waals surface area contributed by atoms with Crippen molar-refractivity contribution in [1.29, 1.82) is 0 Å². The van der Waals surface area contributed by atoms with Crippen molar-refractivity contribution in [3.63, 3.8) is 0 Å². The summed E-state index contributed by atoms with van der Waals surface area (Å²) >= 11 is 1.84. The maximum Gasteiger partial charge on any atom is 0.159 e. The zero-order chi connectivity index (χ0) is 32.4. The minimum absolute atomic E-state index is 0.128. The third-order valence-electron chi connectivity index (χ3n) is 10.7. The third kappa shape index (κ3) is 3.67. The average molecular weight is 648 g/mol. The molecular formula is C45H29NO2S. The Bertz CT molecular complexity index is 2990. The van der Waals surface area contributed by atoms with Crippen molar-refractivity contribution in [3.8, 4) is 11.1 Å². The van der Waals surface area contributed by atoms with Crippen LogP contribution in [-0.4, -0.2) is 0 Å². The van der Waals surface area contributed by atoms with E-state index < -0.39 is 0 Å². The van der Waals surface area contributed by atoms with E-state index >= 15 is 0 Å². The first-order chi connectivity index (χ1) is 24.0. The summed E-state index contributed by atoms with van der Waals surface area (Å²) in [7, 11) is 0. The summed E-state index contributed by atoms with van der Waals surface area (Å²) in [5.74, 6) is 0. The van der Waals surface area contributed by atoms with Crippen LogP contribution in [0.1, 0.15) is 25.0 Å². The van der Waals surface area contributed by atoms with E-state index in [1.807, 2.05) is 23.5 Å². The average Bonchev–Trinajstić information content (AvgIpc) is 3.87. The van der Waals surface area contributed by atoms with Crippen molar-refractivity contribution in [2.24, 2.45) is 0 Å². The maximum atomic E-state index is 6.89. The number of anilines is 3. The second kappa shape index (κ2) is 9.62. The molecule has 49 heavy (non-hydrogen) atoms. The zero-order valence-corrected chi connectivity index (χ0v) is 27.8. The van der Waals surface area contributed by atoms with Crippen LogP contribution in [0, 0.1) is 0 Å². The fourth-order valence-corrected chi connectivity index (χ4v) is 9.59. The Labute approximate surface area is 286 Å². The number of hydrogen-bond donors (Lipinski definition) is 0. The summed E-state index contributed by atoms with van der Waals surface area (Å²) in [5, 5.41) is 7.07. The fraction of sp³-hybridized carbons (Fsp3) is 0.0667. The van der Waals surface area contributed by atoms with Gasteiger partial charge < -0.3 is 13.7 Å². The molecule has 7 aromatic carbocycles. The lowest BCUT2D eigenvalue weighted by Crippen LogP contribution is -2.16. The van der Waals surface area contributed by atoms with E-state index in [2.05, 4.69) is 146 Å². The highest BCUT2D eigenvalue weighted by molar-refractivity contribution is 7.26. The van der Waals surface area contributed by atoms with Gasteiger partial charge in [0.05, 0.1) is 5.69 Å². The molecule has 0 radical (unpaired) electrons. The molecule has 3 aromatic heterocycles. The number of thiophene rings is 1. The normalized spacial score (nSPS) is 13.7. The first-order valence-corrected chi connectivity index (χ1v) is 17.6. The van der Waals surface area contributed by atoms with Gasteiger partial charge in [-0.3, -0.25) is 0 Å². The molecular weight excluding hydrogens is 619 g/mol. The minimum Gasteiger partial charge on any atom is -0.456 e. The first kappa shape index (κ1) is 27.1. The van der Waals surface area contributed by atoms with Gasteiger partial charge in [0.2, 0.25) is 0 Å². The number of furan rings is 2. The van der Waals surface area contributed by atoms with E-state index in [-0.39, 0.29) is 5.41 Å². The molecule has 4 heteroatoms. The van der Waals surface area contributed by atoms with Crippen LogP contribution in [0.5, 0.6) is 0 Å². The van der Waals surface area contributed by atoms with Crippen LogP contribution in [-0.2, 0) is 5.41 Å². The van der Waals surface area contributed by atoms with Gasteiger partial charge in [0.15, 0.2) is 5.58 Å². The zero-order valence-electron chi connectivity index (χ0n) is 27.0. The van der Waals surface area contributed by atoms with Crippen LogP contribution >= 0.6 is 11.3 Å². The van der Waals surface area contributed by atoms with Gasteiger partial charge in [0, 0.05) is 58.5 Å². The molecule has 232 valence electrons. The number of benzene rings is 7. The second-order valence-electron chi connectivity index (χ2n) is 13.7. The minimum atomic E-state index is -0.128. The standard InChI is InChI=1S/C45H29NO2S/c1-45(2)35-14-6-3-10-28(35)29-20-18-27(25-36(29)45)46(26-19-22-39-34(24-26)30-11-4-7-16-38(30)47-39)37-15-9-13-33-42-40(48-43(33)37)23-21-32-31-12-5-8-17-41(31)49-44(32)42/h3-25H,1-2H3. The lowest BCUT2D eigenvalue weighted by molar-refractivity contribution is 0.660. The molecule has 10 aromatic rings. The molecule has 0 unspecified atom stereocenters. The molecule has 0 saturated heterocycles. The van der Waals surface area contributed by atoms with Crippen molar-refractivity contribution in [1.82, 2.24) is 0 Å².